The maximum atomic E-state index is 13.1. The van der Waals surface area contributed by atoms with Crippen molar-refractivity contribution >= 4 is 5.91 Å². The van der Waals surface area contributed by atoms with E-state index in [2.05, 4.69) is 35.6 Å². The highest BCUT2D eigenvalue weighted by atomic mass is 16.2. The van der Waals surface area contributed by atoms with Gasteiger partial charge in [-0.2, -0.15) is 0 Å². The summed E-state index contributed by atoms with van der Waals surface area (Å²) in [5.41, 5.74) is 3.92. The van der Waals surface area contributed by atoms with E-state index in [1.807, 2.05) is 36.1 Å². The van der Waals surface area contributed by atoms with Crippen molar-refractivity contribution < 1.29 is 4.79 Å². The monoisotopic (exact) mass is 326 g/mol. The van der Waals surface area contributed by atoms with Gasteiger partial charge in [0.1, 0.15) is 0 Å². The van der Waals surface area contributed by atoms with Gasteiger partial charge in [-0.25, -0.2) is 0 Å². The molecule has 2 aromatic rings. The van der Waals surface area contributed by atoms with Gasteiger partial charge in [0, 0.05) is 42.8 Å². The first-order chi connectivity index (χ1) is 11.5. The summed E-state index contributed by atoms with van der Waals surface area (Å²) >= 11 is 0. The van der Waals surface area contributed by atoms with E-state index in [1.165, 1.54) is 0 Å². The molecule has 2 atom stereocenters. The van der Waals surface area contributed by atoms with Gasteiger partial charge in [-0.3, -0.25) is 9.78 Å². The van der Waals surface area contributed by atoms with Gasteiger partial charge in [0.15, 0.2) is 0 Å². The van der Waals surface area contributed by atoms with Crippen molar-refractivity contribution in [1.29, 1.82) is 0 Å². The topological polar surface area (TPSA) is 50.2 Å². The SMILES string of the molecule is Cc1cc(C(=O)N2CCNC(C)C2C)c(C)n1Cc1ccccn1. The van der Waals surface area contributed by atoms with Crippen LogP contribution in [-0.4, -0.2) is 45.5 Å². The first-order valence-corrected chi connectivity index (χ1v) is 8.60. The molecule has 1 fully saturated rings. The minimum Gasteiger partial charge on any atom is -0.342 e. The highest BCUT2D eigenvalue weighted by Crippen LogP contribution is 2.21. The van der Waals surface area contributed by atoms with Gasteiger partial charge in [0.05, 0.1) is 17.8 Å². The number of aryl methyl sites for hydroxylation is 1. The van der Waals surface area contributed by atoms with Gasteiger partial charge in [-0.15, -0.1) is 0 Å². The molecular weight excluding hydrogens is 300 g/mol. The summed E-state index contributed by atoms with van der Waals surface area (Å²) in [6.45, 7) is 10.6. The van der Waals surface area contributed by atoms with Crippen molar-refractivity contribution in [2.24, 2.45) is 0 Å². The van der Waals surface area contributed by atoms with E-state index in [4.69, 9.17) is 0 Å². The molecule has 1 aliphatic heterocycles. The van der Waals surface area contributed by atoms with Crippen LogP contribution in [0.15, 0.2) is 30.5 Å². The number of nitrogens with one attached hydrogen (secondary N) is 1. The van der Waals surface area contributed by atoms with E-state index in [9.17, 15) is 4.79 Å². The summed E-state index contributed by atoms with van der Waals surface area (Å²) in [5, 5.41) is 3.42. The van der Waals surface area contributed by atoms with Crippen LogP contribution in [0.25, 0.3) is 0 Å². The van der Waals surface area contributed by atoms with Gasteiger partial charge >= 0.3 is 0 Å². The Bertz CT molecular complexity index is 722. The second kappa shape index (κ2) is 6.77. The smallest absolute Gasteiger partial charge is 0.256 e. The van der Waals surface area contributed by atoms with Crippen LogP contribution < -0.4 is 5.32 Å². The molecule has 3 rings (SSSR count). The second-order valence-corrected chi connectivity index (χ2v) is 6.67. The number of carbonyl (C=O) groups is 1. The standard InChI is InChI=1S/C19H26N4O/c1-13-11-18(19(24)22-10-9-20-14(2)15(22)3)16(4)23(13)12-17-7-5-6-8-21-17/h5-8,11,14-15,20H,9-10,12H2,1-4H3. The third-order valence-electron chi connectivity index (χ3n) is 5.15. The molecule has 1 N–H and O–H groups in total. The average molecular weight is 326 g/mol. The zero-order valence-corrected chi connectivity index (χ0v) is 14.9. The van der Waals surface area contributed by atoms with Crippen molar-refractivity contribution in [1.82, 2.24) is 19.8 Å². The highest BCUT2D eigenvalue weighted by molar-refractivity contribution is 5.96. The zero-order valence-electron chi connectivity index (χ0n) is 14.9. The van der Waals surface area contributed by atoms with E-state index in [1.54, 1.807) is 6.20 Å². The van der Waals surface area contributed by atoms with Gasteiger partial charge in [0.2, 0.25) is 0 Å². The molecule has 2 unspecified atom stereocenters. The fraction of sp³-hybridized carbons (Fsp3) is 0.474. The first-order valence-electron chi connectivity index (χ1n) is 8.60. The molecule has 5 nitrogen and oxygen atoms in total. The summed E-state index contributed by atoms with van der Waals surface area (Å²) in [6.07, 6.45) is 1.80. The van der Waals surface area contributed by atoms with Crippen molar-refractivity contribution in [3.63, 3.8) is 0 Å². The highest BCUT2D eigenvalue weighted by Gasteiger charge is 2.30. The summed E-state index contributed by atoms with van der Waals surface area (Å²) in [4.78, 5) is 19.5. The zero-order chi connectivity index (χ0) is 17.3. The van der Waals surface area contributed by atoms with Gasteiger partial charge in [-0.05, 0) is 45.9 Å². The lowest BCUT2D eigenvalue weighted by atomic mass is 10.1. The molecular formula is C19H26N4O. The Labute approximate surface area is 143 Å². The Morgan fingerprint density at radius 3 is 2.83 bits per heavy atom. The maximum absolute atomic E-state index is 13.1. The fourth-order valence-electron chi connectivity index (χ4n) is 3.41. The van der Waals surface area contributed by atoms with Crippen LogP contribution in [0.3, 0.4) is 0 Å². The van der Waals surface area contributed by atoms with Gasteiger partial charge in [-0.1, -0.05) is 6.07 Å². The van der Waals surface area contributed by atoms with Crippen molar-refractivity contribution in [3.8, 4) is 0 Å². The van der Waals surface area contributed by atoms with Crippen molar-refractivity contribution in [3.05, 3.63) is 53.1 Å². The second-order valence-electron chi connectivity index (χ2n) is 6.67. The third kappa shape index (κ3) is 3.08. The molecule has 1 aliphatic rings. The molecule has 0 bridgehead atoms. The summed E-state index contributed by atoms with van der Waals surface area (Å²) in [5.74, 6) is 0.135. The van der Waals surface area contributed by atoms with E-state index < -0.39 is 0 Å². The number of nitrogens with zero attached hydrogens (tertiary/aromatic N) is 3. The van der Waals surface area contributed by atoms with Crippen LogP contribution in [-0.2, 0) is 6.54 Å². The van der Waals surface area contributed by atoms with E-state index in [0.717, 1.165) is 35.7 Å². The molecule has 1 amide bonds. The molecule has 0 radical (unpaired) electrons. The van der Waals surface area contributed by atoms with E-state index in [-0.39, 0.29) is 11.9 Å². The van der Waals surface area contributed by atoms with Crippen LogP contribution in [0.5, 0.6) is 0 Å². The van der Waals surface area contributed by atoms with Crippen LogP contribution in [0.4, 0.5) is 0 Å². The van der Waals surface area contributed by atoms with Gasteiger partial charge in [0.25, 0.3) is 5.91 Å². The van der Waals surface area contributed by atoms with E-state index >= 15 is 0 Å². The number of aromatic nitrogens is 2. The Kier molecular flexibility index (Phi) is 4.71. The summed E-state index contributed by atoms with van der Waals surface area (Å²) in [7, 11) is 0. The van der Waals surface area contributed by atoms with Crippen LogP contribution in [0, 0.1) is 13.8 Å². The van der Waals surface area contributed by atoms with Crippen LogP contribution >= 0.6 is 0 Å². The van der Waals surface area contributed by atoms with Crippen molar-refractivity contribution in [2.45, 2.75) is 46.3 Å². The lowest BCUT2D eigenvalue weighted by Gasteiger charge is -2.38. The predicted molar refractivity (Wildman–Crippen MR) is 95.2 cm³/mol. The Hall–Kier alpha value is -2.14. The van der Waals surface area contributed by atoms with Crippen molar-refractivity contribution in [2.75, 3.05) is 13.1 Å². The molecule has 0 saturated carbocycles. The molecule has 0 aliphatic carbocycles. The number of piperazine rings is 1. The lowest BCUT2D eigenvalue weighted by molar-refractivity contribution is 0.0602. The number of carbonyl (C=O) groups excluding carboxylic acids is 1. The number of hydrogen-bond donors (Lipinski definition) is 1. The molecule has 2 aromatic heterocycles. The third-order valence-corrected chi connectivity index (χ3v) is 5.15. The average Bonchev–Trinajstić information content (AvgIpc) is 2.86. The molecule has 0 spiro atoms. The lowest BCUT2D eigenvalue weighted by Crippen LogP contribution is -2.57. The Balaban J connectivity index is 1.87. The minimum absolute atomic E-state index is 0.135. The number of pyridine rings is 1. The van der Waals surface area contributed by atoms with Gasteiger partial charge < -0.3 is 14.8 Å². The Morgan fingerprint density at radius 2 is 2.12 bits per heavy atom. The molecule has 0 aromatic carbocycles. The maximum Gasteiger partial charge on any atom is 0.256 e. The van der Waals surface area contributed by atoms with Crippen LogP contribution in [0.1, 0.15) is 41.3 Å². The molecule has 1 saturated heterocycles. The molecule has 24 heavy (non-hydrogen) atoms. The van der Waals surface area contributed by atoms with E-state index in [0.29, 0.717) is 12.6 Å². The number of hydrogen-bond acceptors (Lipinski definition) is 3. The summed E-state index contributed by atoms with van der Waals surface area (Å²) in [6, 6.07) is 8.46. The number of amides is 1. The largest absolute Gasteiger partial charge is 0.342 e. The molecule has 128 valence electrons. The molecule has 3 heterocycles. The number of rotatable bonds is 3. The fourth-order valence-corrected chi connectivity index (χ4v) is 3.41. The Morgan fingerprint density at radius 1 is 1.33 bits per heavy atom. The van der Waals surface area contributed by atoms with Crippen LogP contribution in [0.2, 0.25) is 0 Å². The summed E-state index contributed by atoms with van der Waals surface area (Å²) < 4.78 is 2.17. The minimum atomic E-state index is 0.135. The quantitative estimate of drug-likeness (QED) is 0.942. The molecule has 5 heteroatoms. The first kappa shape index (κ1) is 16.7. The normalized spacial score (nSPS) is 21.1. The predicted octanol–water partition coefficient (Wildman–Crippen LogP) is 2.37.